The van der Waals surface area contributed by atoms with E-state index < -0.39 is 0 Å². The van der Waals surface area contributed by atoms with E-state index in [9.17, 15) is 0 Å². The third-order valence-corrected chi connectivity index (χ3v) is 12.9. The Morgan fingerprint density at radius 2 is 1.42 bits per heavy atom. The van der Waals surface area contributed by atoms with Crippen molar-refractivity contribution in [2.24, 2.45) is 5.92 Å². The first kappa shape index (κ1) is 29.4. The van der Waals surface area contributed by atoms with Crippen molar-refractivity contribution in [3.05, 3.63) is 197 Å². The molecule has 0 radical (unpaired) electrons. The lowest BCUT2D eigenvalue weighted by Gasteiger charge is -2.38. The summed E-state index contributed by atoms with van der Waals surface area (Å²) < 4.78 is 2.57. The van der Waals surface area contributed by atoms with Gasteiger partial charge in [-0.25, -0.2) is 0 Å². The summed E-state index contributed by atoms with van der Waals surface area (Å²) in [5.74, 6) is 0.416. The predicted molar refractivity (Wildman–Crippen MR) is 218 cm³/mol. The van der Waals surface area contributed by atoms with Gasteiger partial charge in [0, 0.05) is 21.7 Å². The molecule has 3 heteroatoms. The Hall–Kier alpha value is -6.16. The molecule has 0 saturated carbocycles. The van der Waals surface area contributed by atoms with Crippen LogP contribution in [0.3, 0.4) is 0 Å². The minimum absolute atomic E-state index is 0.121. The molecular formula is C50H38N3+. The van der Waals surface area contributed by atoms with Crippen molar-refractivity contribution in [2.45, 2.75) is 31.0 Å². The van der Waals surface area contributed by atoms with Crippen LogP contribution in [0.15, 0.2) is 169 Å². The van der Waals surface area contributed by atoms with Gasteiger partial charge in [-0.2, -0.15) is 0 Å². The van der Waals surface area contributed by atoms with E-state index in [0.29, 0.717) is 5.92 Å². The SMILES string of the molecule is CC1CC=CC2=C1C(c1ccccc1)(c1ccccc1)c1ccc(-c3cc4c5c(c3)c3ccccc3n5C3Nc5ccc6ccccc6c5[NH2+]C43)cc12. The molecule has 3 atom stereocenters. The van der Waals surface area contributed by atoms with Crippen LogP contribution in [-0.4, -0.2) is 4.57 Å². The molecular weight excluding hydrogens is 643 g/mol. The van der Waals surface area contributed by atoms with Gasteiger partial charge in [0.2, 0.25) is 0 Å². The van der Waals surface area contributed by atoms with Gasteiger partial charge < -0.3 is 15.2 Å². The van der Waals surface area contributed by atoms with Crippen molar-refractivity contribution in [1.29, 1.82) is 0 Å². The van der Waals surface area contributed by atoms with E-state index in [1.165, 1.54) is 94.0 Å². The quantitative estimate of drug-likeness (QED) is 0.179. The lowest BCUT2D eigenvalue weighted by Crippen LogP contribution is -2.82. The Kier molecular flexibility index (Phi) is 5.94. The zero-order valence-corrected chi connectivity index (χ0v) is 29.6. The van der Waals surface area contributed by atoms with Crippen LogP contribution < -0.4 is 10.6 Å². The largest absolute Gasteiger partial charge is 0.355 e. The first-order chi connectivity index (χ1) is 26.2. The lowest BCUT2D eigenvalue weighted by atomic mass is 9.63. The number of hydrogen-bond acceptors (Lipinski definition) is 1. The standard InChI is InChI=1S/C50H37N3/c1-30-13-12-21-38-39-27-32(23-25-42(39)50(45(30)38,34-15-4-2-5-16-34)35-17-6-3-7-18-35)33-28-40-37-20-10-11-22-44(37)53-48(40)41(29-33)47-49(53)51-43-26-24-31-14-8-9-19-36(31)46(43)52-47/h2-12,14-30,47,49,51-52H,13H2,1H3/p+1. The number of anilines is 1. The predicted octanol–water partition coefficient (Wildman–Crippen LogP) is 11.2. The van der Waals surface area contributed by atoms with E-state index in [1.54, 1.807) is 0 Å². The van der Waals surface area contributed by atoms with Gasteiger partial charge in [-0.1, -0.05) is 134 Å². The van der Waals surface area contributed by atoms with Crippen molar-refractivity contribution >= 4 is 49.5 Å². The van der Waals surface area contributed by atoms with Crippen LogP contribution >= 0.6 is 0 Å². The van der Waals surface area contributed by atoms with Gasteiger partial charge in [-0.3, -0.25) is 0 Å². The molecule has 0 bridgehead atoms. The van der Waals surface area contributed by atoms with Gasteiger partial charge in [0.25, 0.3) is 0 Å². The summed E-state index contributed by atoms with van der Waals surface area (Å²) in [6.07, 6.45) is 5.98. The zero-order valence-electron chi connectivity index (χ0n) is 29.6. The van der Waals surface area contributed by atoms with E-state index >= 15 is 0 Å². The molecule has 0 amide bonds. The van der Waals surface area contributed by atoms with Crippen molar-refractivity contribution in [3.8, 4) is 11.1 Å². The number of nitrogens with two attached hydrogens (primary N) is 1. The smallest absolute Gasteiger partial charge is 0.162 e. The number of aromatic nitrogens is 1. The maximum atomic E-state index is 4.02. The van der Waals surface area contributed by atoms with Crippen molar-refractivity contribution in [1.82, 2.24) is 4.57 Å². The minimum atomic E-state index is -0.340. The summed E-state index contributed by atoms with van der Waals surface area (Å²) in [6, 6.07) is 57.3. The molecule has 7 aromatic carbocycles. The van der Waals surface area contributed by atoms with Crippen molar-refractivity contribution in [3.63, 3.8) is 0 Å². The van der Waals surface area contributed by atoms with Crippen molar-refractivity contribution in [2.75, 3.05) is 5.32 Å². The zero-order chi connectivity index (χ0) is 34.8. The number of fused-ring (bicyclic) bond motifs is 11. The van der Waals surface area contributed by atoms with Crippen LogP contribution in [0.2, 0.25) is 0 Å². The monoisotopic (exact) mass is 680 g/mol. The molecule has 3 heterocycles. The summed E-state index contributed by atoms with van der Waals surface area (Å²) in [4.78, 5) is 0. The van der Waals surface area contributed by atoms with Crippen LogP contribution in [-0.2, 0) is 5.41 Å². The van der Waals surface area contributed by atoms with Gasteiger partial charge in [0.1, 0.15) is 0 Å². The molecule has 1 aromatic heterocycles. The van der Waals surface area contributed by atoms with E-state index in [0.717, 1.165) is 6.42 Å². The normalized spacial score (nSPS) is 20.4. The Morgan fingerprint density at radius 1 is 0.679 bits per heavy atom. The van der Waals surface area contributed by atoms with Crippen LogP contribution in [0.5, 0.6) is 0 Å². The number of para-hydroxylation sites is 1. The summed E-state index contributed by atoms with van der Waals surface area (Å²) in [5, 5.41) is 11.8. The van der Waals surface area contributed by atoms with E-state index in [2.05, 4.69) is 186 Å². The lowest BCUT2D eigenvalue weighted by molar-refractivity contribution is -0.622. The minimum Gasteiger partial charge on any atom is -0.355 e. The number of allylic oxidation sites excluding steroid dienone is 4. The molecule has 3 nitrogen and oxygen atoms in total. The number of hydrogen-bond donors (Lipinski definition) is 2. The van der Waals surface area contributed by atoms with Gasteiger partial charge in [-0.05, 0) is 98.7 Å². The second-order valence-electron chi connectivity index (χ2n) is 15.5. The Morgan fingerprint density at radius 3 is 2.23 bits per heavy atom. The van der Waals surface area contributed by atoms with Gasteiger partial charge in [-0.15, -0.1) is 0 Å². The highest BCUT2D eigenvalue weighted by atomic mass is 15.3. The summed E-state index contributed by atoms with van der Waals surface area (Å²) in [7, 11) is 0. The fraction of sp³-hybridized carbons (Fsp3) is 0.120. The van der Waals surface area contributed by atoms with Gasteiger partial charge in [0.15, 0.2) is 17.9 Å². The average molecular weight is 681 g/mol. The maximum Gasteiger partial charge on any atom is 0.162 e. The van der Waals surface area contributed by atoms with Crippen molar-refractivity contribution < 1.29 is 5.32 Å². The van der Waals surface area contributed by atoms with Crippen LogP contribution in [0.1, 0.15) is 53.4 Å². The van der Waals surface area contributed by atoms with E-state index in [-0.39, 0.29) is 17.6 Å². The number of nitrogens with zero attached hydrogens (tertiary/aromatic N) is 1. The fourth-order valence-corrected chi connectivity index (χ4v) is 10.7. The fourth-order valence-electron chi connectivity index (χ4n) is 10.7. The molecule has 4 aliphatic rings. The third-order valence-electron chi connectivity index (χ3n) is 12.9. The van der Waals surface area contributed by atoms with Crippen LogP contribution in [0, 0.1) is 5.92 Å². The highest BCUT2D eigenvalue weighted by molar-refractivity contribution is 6.12. The Labute approximate surface area is 308 Å². The van der Waals surface area contributed by atoms with Crippen LogP contribution in [0.25, 0.3) is 49.3 Å². The van der Waals surface area contributed by atoms with E-state index in [1.807, 2.05) is 0 Å². The average Bonchev–Trinajstić information content (AvgIpc) is 3.84. The summed E-state index contributed by atoms with van der Waals surface area (Å²) in [5.41, 5.74) is 17.1. The maximum absolute atomic E-state index is 4.02. The number of benzene rings is 7. The number of nitrogens with one attached hydrogen (secondary N) is 1. The molecule has 0 fully saturated rings. The number of quaternary nitrogens is 1. The molecule has 3 unspecified atom stereocenters. The first-order valence-corrected chi connectivity index (χ1v) is 19.1. The summed E-state index contributed by atoms with van der Waals surface area (Å²) in [6.45, 7) is 2.42. The molecule has 53 heavy (non-hydrogen) atoms. The second-order valence-corrected chi connectivity index (χ2v) is 15.5. The molecule has 3 N–H and O–H groups in total. The summed E-state index contributed by atoms with van der Waals surface area (Å²) >= 11 is 0. The molecule has 0 saturated heterocycles. The third kappa shape index (κ3) is 3.82. The molecule has 0 spiro atoms. The first-order valence-electron chi connectivity index (χ1n) is 19.1. The number of rotatable bonds is 3. The molecule has 2 aliphatic heterocycles. The van der Waals surface area contributed by atoms with E-state index in [4.69, 9.17) is 0 Å². The highest BCUT2D eigenvalue weighted by Gasteiger charge is 2.49. The molecule has 252 valence electrons. The Balaban J connectivity index is 1.09. The molecule has 12 rings (SSSR count). The topological polar surface area (TPSA) is 33.6 Å². The second kappa shape index (κ2) is 10.7. The van der Waals surface area contributed by atoms with Gasteiger partial charge >= 0.3 is 0 Å². The molecule has 2 aliphatic carbocycles. The highest BCUT2D eigenvalue weighted by Crippen LogP contribution is 2.59. The van der Waals surface area contributed by atoms with Gasteiger partial charge in [0.05, 0.1) is 22.1 Å². The Bertz CT molecular complexity index is 2850. The van der Waals surface area contributed by atoms with Crippen LogP contribution in [0.4, 0.5) is 11.4 Å². The molecule has 8 aromatic rings.